The molecule has 2 rings (SSSR count). The molecule has 2 nitrogen and oxygen atoms in total. The third kappa shape index (κ3) is 1.06. The van der Waals surface area contributed by atoms with Crippen molar-refractivity contribution in [1.82, 2.24) is 4.98 Å². The van der Waals surface area contributed by atoms with E-state index in [9.17, 15) is 0 Å². The highest BCUT2D eigenvalue weighted by molar-refractivity contribution is 5.79. The summed E-state index contributed by atoms with van der Waals surface area (Å²) in [5, 5.41) is 9.67. The molecule has 0 aliphatic heterocycles. The fraction of sp³-hybridized carbons (Fsp3) is 0.100. The van der Waals surface area contributed by atoms with Gasteiger partial charge in [-0.3, -0.25) is 0 Å². The average Bonchev–Trinajstić information content (AvgIpc) is 2.51. The molecule has 1 heterocycles. The van der Waals surface area contributed by atoms with Gasteiger partial charge in [-0.2, -0.15) is 5.26 Å². The van der Waals surface area contributed by atoms with E-state index >= 15 is 0 Å². The molecular formula is C10H8N2. The van der Waals surface area contributed by atoms with Gasteiger partial charge in [0, 0.05) is 11.7 Å². The lowest BCUT2D eigenvalue weighted by molar-refractivity contribution is 1.27. The molecule has 0 radical (unpaired) electrons. The number of nitriles is 1. The van der Waals surface area contributed by atoms with E-state index in [-0.39, 0.29) is 0 Å². The van der Waals surface area contributed by atoms with Crippen LogP contribution in [0.15, 0.2) is 30.5 Å². The number of nitrogens with one attached hydrogen (secondary N) is 1. The SMILES string of the molecule is N#CCc1ccc2cc[nH]c2c1. The molecule has 0 bridgehead atoms. The second-order valence-electron chi connectivity index (χ2n) is 2.73. The minimum Gasteiger partial charge on any atom is -0.361 e. The van der Waals surface area contributed by atoms with Crippen molar-refractivity contribution in [2.24, 2.45) is 0 Å². The van der Waals surface area contributed by atoms with Crippen LogP contribution >= 0.6 is 0 Å². The maximum Gasteiger partial charge on any atom is 0.0669 e. The first kappa shape index (κ1) is 6.93. The van der Waals surface area contributed by atoms with Crippen molar-refractivity contribution in [2.45, 2.75) is 6.42 Å². The number of aromatic amines is 1. The topological polar surface area (TPSA) is 39.6 Å². The Morgan fingerprint density at radius 3 is 3.08 bits per heavy atom. The predicted octanol–water partition coefficient (Wildman–Crippen LogP) is 2.23. The molecule has 12 heavy (non-hydrogen) atoms. The number of aromatic nitrogens is 1. The quantitative estimate of drug-likeness (QED) is 0.675. The van der Waals surface area contributed by atoms with Gasteiger partial charge in [0.05, 0.1) is 12.5 Å². The highest BCUT2D eigenvalue weighted by Crippen LogP contribution is 2.13. The molecule has 1 N–H and O–H groups in total. The Hall–Kier alpha value is -1.75. The van der Waals surface area contributed by atoms with E-state index in [0.717, 1.165) is 11.1 Å². The van der Waals surface area contributed by atoms with Gasteiger partial charge in [0.1, 0.15) is 0 Å². The monoisotopic (exact) mass is 156 g/mol. The summed E-state index contributed by atoms with van der Waals surface area (Å²) in [7, 11) is 0. The lowest BCUT2D eigenvalue weighted by atomic mass is 10.1. The summed E-state index contributed by atoms with van der Waals surface area (Å²) in [6.07, 6.45) is 2.38. The van der Waals surface area contributed by atoms with Crippen molar-refractivity contribution in [3.63, 3.8) is 0 Å². The second-order valence-corrected chi connectivity index (χ2v) is 2.73. The van der Waals surface area contributed by atoms with Gasteiger partial charge in [-0.15, -0.1) is 0 Å². The van der Waals surface area contributed by atoms with Crippen molar-refractivity contribution in [2.75, 3.05) is 0 Å². The van der Waals surface area contributed by atoms with Gasteiger partial charge in [0.2, 0.25) is 0 Å². The summed E-state index contributed by atoms with van der Waals surface area (Å²) in [4.78, 5) is 3.11. The zero-order valence-electron chi connectivity index (χ0n) is 6.54. The second kappa shape index (κ2) is 2.71. The highest BCUT2D eigenvalue weighted by Gasteiger charge is 1.95. The van der Waals surface area contributed by atoms with Gasteiger partial charge < -0.3 is 4.98 Å². The van der Waals surface area contributed by atoms with Crippen LogP contribution in [0.3, 0.4) is 0 Å². The number of benzene rings is 1. The molecule has 2 heteroatoms. The summed E-state index contributed by atoms with van der Waals surface area (Å²) in [5.74, 6) is 0. The minimum atomic E-state index is 0.481. The summed E-state index contributed by atoms with van der Waals surface area (Å²) >= 11 is 0. The molecule has 0 atom stereocenters. The van der Waals surface area contributed by atoms with Crippen LogP contribution in [0.4, 0.5) is 0 Å². The number of rotatable bonds is 1. The third-order valence-electron chi connectivity index (χ3n) is 1.90. The molecule has 2 aromatic rings. The fourth-order valence-corrected chi connectivity index (χ4v) is 1.30. The Morgan fingerprint density at radius 1 is 1.33 bits per heavy atom. The molecular weight excluding hydrogens is 148 g/mol. The molecule has 0 saturated carbocycles. The zero-order chi connectivity index (χ0) is 8.39. The number of H-pyrrole nitrogens is 1. The van der Waals surface area contributed by atoms with E-state index in [0.29, 0.717) is 6.42 Å². The number of nitrogens with zero attached hydrogens (tertiary/aromatic N) is 1. The van der Waals surface area contributed by atoms with Gasteiger partial charge >= 0.3 is 0 Å². The first-order chi connectivity index (χ1) is 5.90. The standard InChI is InChI=1S/C10H8N2/c11-5-3-8-1-2-9-4-6-12-10(9)7-8/h1-2,4,6-7,12H,3H2. The van der Waals surface area contributed by atoms with Crippen LogP contribution in [0.25, 0.3) is 10.9 Å². The van der Waals surface area contributed by atoms with Crippen LogP contribution < -0.4 is 0 Å². The third-order valence-corrected chi connectivity index (χ3v) is 1.90. The molecule has 0 saturated heterocycles. The molecule has 1 aromatic carbocycles. The van der Waals surface area contributed by atoms with Crippen LogP contribution in [-0.2, 0) is 6.42 Å². The predicted molar refractivity (Wildman–Crippen MR) is 47.6 cm³/mol. The van der Waals surface area contributed by atoms with E-state index in [1.54, 1.807) is 0 Å². The Balaban J connectivity index is 2.54. The number of hydrogen-bond donors (Lipinski definition) is 1. The van der Waals surface area contributed by atoms with Crippen LogP contribution in [0.2, 0.25) is 0 Å². The van der Waals surface area contributed by atoms with Gasteiger partial charge in [0.25, 0.3) is 0 Å². The summed E-state index contributed by atoms with van der Waals surface area (Å²) in [6.45, 7) is 0. The van der Waals surface area contributed by atoms with Gasteiger partial charge in [-0.25, -0.2) is 0 Å². The smallest absolute Gasteiger partial charge is 0.0669 e. The maximum absolute atomic E-state index is 8.48. The van der Waals surface area contributed by atoms with Crippen molar-refractivity contribution in [3.05, 3.63) is 36.0 Å². The van der Waals surface area contributed by atoms with Gasteiger partial charge in [0.15, 0.2) is 0 Å². The summed E-state index contributed by atoms with van der Waals surface area (Å²) in [5.41, 5.74) is 2.16. The lowest BCUT2D eigenvalue weighted by Gasteiger charge is -1.93. The Kier molecular flexibility index (Phi) is 1.56. The van der Waals surface area contributed by atoms with Crippen LogP contribution in [-0.4, -0.2) is 4.98 Å². The Bertz CT molecular complexity index is 434. The Morgan fingerprint density at radius 2 is 2.25 bits per heavy atom. The largest absolute Gasteiger partial charge is 0.361 e. The molecule has 1 aromatic heterocycles. The summed E-state index contributed by atoms with van der Waals surface area (Å²) in [6, 6.07) is 10.2. The molecule has 58 valence electrons. The molecule has 0 amide bonds. The zero-order valence-corrected chi connectivity index (χ0v) is 6.54. The first-order valence-electron chi connectivity index (χ1n) is 3.83. The number of fused-ring (bicyclic) bond motifs is 1. The Labute approximate surface area is 70.4 Å². The molecule has 0 fully saturated rings. The summed E-state index contributed by atoms with van der Waals surface area (Å²) < 4.78 is 0. The number of hydrogen-bond acceptors (Lipinski definition) is 1. The molecule has 0 spiro atoms. The van der Waals surface area contributed by atoms with Crippen molar-refractivity contribution in [3.8, 4) is 6.07 Å². The average molecular weight is 156 g/mol. The van der Waals surface area contributed by atoms with E-state index in [2.05, 4.69) is 11.1 Å². The van der Waals surface area contributed by atoms with Crippen LogP contribution in [0, 0.1) is 11.3 Å². The van der Waals surface area contributed by atoms with E-state index in [1.807, 2.05) is 30.5 Å². The first-order valence-corrected chi connectivity index (χ1v) is 3.83. The molecule has 0 aliphatic rings. The molecule has 0 unspecified atom stereocenters. The van der Waals surface area contributed by atoms with Crippen LogP contribution in [0.5, 0.6) is 0 Å². The van der Waals surface area contributed by atoms with Crippen molar-refractivity contribution in [1.29, 1.82) is 5.26 Å². The fourth-order valence-electron chi connectivity index (χ4n) is 1.30. The highest BCUT2D eigenvalue weighted by atomic mass is 14.7. The van der Waals surface area contributed by atoms with E-state index < -0.39 is 0 Å². The van der Waals surface area contributed by atoms with Crippen molar-refractivity contribution >= 4 is 10.9 Å². The van der Waals surface area contributed by atoms with Crippen LogP contribution in [0.1, 0.15) is 5.56 Å². The molecule has 0 aliphatic carbocycles. The van der Waals surface area contributed by atoms with Gasteiger partial charge in [-0.1, -0.05) is 12.1 Å². The van der Waals surface area contributed by atoms with E-state index in [1.165, 1.54) is 5.39 Å². The lowest BCUT2D eigenvalue weighted by Crippen LogP contribution is -1.79. The normalized spacial score (nSPS) is 9.92. The maximum atomic E-state index is 8.48. The van der Waals surface area contributed by atoms with Gasteiger partial charge in [-0.05, 0) is 23.1 Å². The van der Waals surface area contributed by atoms with Crippen molar-refractivity contribution < 1.29 is 0 Å². The minimum absolute atomic E-state index is 0.481. The van der Waals surface area contributed by atoms with E-state index in [4.69, 9.17) is 5.26 Å².